The van der Waals surface area contributed by atoms with Crippen LogP contribution in [0, 0.1) is 18.5 Å². The number of rotatable bonds is 8. The van der Waals surface area contributed by atoms with Gasteiger partial charge in [0.05, 0.1) is 19.1 Å². The van der Waals surface area contributed by atoms with Crippen LogP contribution >= 0.6 is 45.2 Å². The van der Waals surface area contributed by atoms with E-state index in [1.54, 1.807) is 12.1 Å². The molecule has 1 heterocycles. The summed E-state index contributed by atoms with van der Waals surface area (Å²) in [5, 5.41) is 24.4. The van der Waals surface area contributed by atoms with Gasteiger partial charge in [-0.2, -0.15) is 5.26 Å². The molecule has 8 nitrogen and oxygen atoms in total. The molecule has 2 amide bonds. The molecule has 1 saturated carbocycles. The SMILES string of the molecule is N#CCNC(=O)C(CNC(=O)c1ccc(N2CCN(C3CC3)CC2)cc1)c1cc(I)c(O)c(I)c1. The van der Waals surface area contributed by atoms with Gasteiger partial charge >= 0.3 is 0 Å². The largest absolute Gasteiger partial charge is 0.506 e. The van der Waals surface area contributed by atoms with Crippen molar-refractivity contribution in [3.05, 3.63) is 54.7 Å². The number of benzene rings is 2. The van der Waals surface area contributed by atoms with Crippen molar-refractivity contribution in [2.75, 3.05) is 44.2 Å². The van der Waals surface area contributed by atoms with Gasteiger partial charge in [-0.05, 0) is 100.0 Å². The summed E-state index contributed by atoms with van der Waals surface area (Å²) < 4.78 is 1.23. The molecule has 1 unspecified atom stereocenters. The van der Waals surface area contributed by atoms with E-state index in [1.807, 2.05) is 75.5 Å². The van der Waals surface area contributed by atoms with Crippen molar-refractivity contribution in [1.29, 1.82) is 5.26 Å². The normalized spacial score (nSPS) is 16.9. The van der Waals surface area contributed by atoms with Gasteiger partial charge in [0.1, 0.15) is 12.3 Å². The predicted molar refractivity (Wildman–Crippen MR) is 150 cm³/mol. The molecule has 0 radical (unpaired) electrons. The Hall–Kier alpha value is -2.11. The second-order valence-electron chi connectivity index (χ2n) is 8.77. The Bertz CT molecular complexity index is 1100. The van der Waals surface area contributed by atoms with Crippen LogP contribution in [0.15, 0.2) is 36.4 Å². The number of nitriles is 1. The number of nitrogens with zero attached hydrogens (tertiary/aromatic N) is 3. The summed E-state index contributed by atoms with van der Waals surface area (Å²) in [6.07, 6.45) is 2.66. The molecule has 1 saturated heterocycles. The predicted octanol–water partition coefficient (Wildman–Crippen LogP) is 3.04. The molecule has 2 fully saturated rings. The van der Waals surface area contributed by atoms with Crippen molar-refractivity contribution in [2.24, 2.45) is 0 Å². The third-order valence-electron chi connectivity index (χ3n) is 6.44. The molecule has 10 heteroatoms. The van der Waals surface area contributed by atoms with Crippen LogP contribution in [0.3, 0.4) is 0 Å². The highest BCUT2D eigenvalue weighted by molar-refractivity contribution is 14.1. The van der Waals surface area contributed by atoms with Crippen molar-refractivity contribution in [3.63, 3.8) is 0 Å². The Kier molecular flexibility index (Phi) is 8.72. The number of hydrogen-bond donors (Lipinski definition) is 3. The summed E-state index contributed by atoms with van der Waals surface area (Å²) in [7, 11) is 0. The highest BCUT2D eigenvalue weighted by atomic mass is 127. The molecule has 4 rings (SSSR count). The lowest BCUT2D eigenvalue weighted by Crippen LogP contribution is -2.47. The summed E-state index contributed by atoms with van der Waals surface area (Å²) >= 11 is 4.02. The summed E-state index contributed by atoms with van der Waals surface area (Å²) in [5.74, 6) is -1.16. The fraction of sp³-hybridized carbons (Fsp3) is 0.400. The summed E-state index contributed by atoms with van der Waals surface area (Å²) in [4.78, 5) is 30.5. The lowest BCUT2D eigenvalue weighted by Gasteiger charge is -2.36. The number of amides is 2. The summed E-state index contributed by atoms with van der Waals surface area (Å²) in [6, 6.07) is 13.7. The number of anilines is 1. The van der Waals surface area contributed by atoms with Crippen molar-refractivity contribution in [1.82, 2.24) is 15.5 Å². The van der Waals surface area contributed by atoms with E-state index in [-0.39, 0.29) is 30.7 Å². The van der Waals surface area contributed by atoms with E-state index in [1.165, 1.54) is 12.8 Å². The van der Waals surface area contributed by atoms with Crippen LogP contribution < -0.4 is 15.5 Å². The number of nitrogens with one attached hydrogen (secondary N) is 2. The minimum atomic E-state index is -0.697. The molecule has 35 heavy (non-hydrogen) atoms. The first-order chi connectivity index (χ1) is 16.9. The minimum absolute atomic E-state index is 0.0674. The molecule has 184 valence electrons. The fourth-order valence-electron chi connectivity index (χ4n) is 4.30. The number of piperazine rings is 1. The average Bonchev–Trinajstić information content (AvgIpc) is 3.72. The van der Waals surface area contributed by atoms with Gasteiger partial charge < -0.3 is 20.6 Å². The Morgan fingerprint density at radius 1 is 1.06 bits per heavy atom. The molecule has 1 aliphatic heterocycles. The maximum atomic E-state index is 12.9. The number of carbonyl (C=O) groups is 2. The third kappa shape index (κ3) is 6.56. The van der Waals surface area contributed by atoms with Crippen molar-refractivity contribution >= 4 is 62.7 Å². The molecule has 2 aliphatic rings. The Morgan fingerprint density at radius 3 is 2.26 bits per heavy atom. The number of aromatic hydroxyl groups is 1. The van der Waals surface area contributed by atoms with E-state index >= 15 is 0 Å². The van der Waals surface area contributed by atoms with Crippen LogP contribution in [0.2, 0.25) is 0 Å². The number of halogens is 2. The zero-order chi connectivity index (χ0) is 24.9. The Labute approximate surface area is 232 Å². The van der Waals surface area contributed by atoms with Crippen LogP contribution in [0.4, 0.5) is 5.69 Å². The standard InChI is InChI=1S/C25H27I2N5O3/c26-21-13-17(14-22(27)23(21)33)20(25(35)29-8-7-28)15-30-24(34)16-1-3-18(4-2-16)31-9-11-32(12-10-31)19-5-6-19/h1-4,13-14,19-20,33H,5-6,8-12,15H2,(H,29,35)(H,30,34). The van der Waals surface area contributed by atoms with E-state index in [2.05, 4.69) is 20.4 Å². The van der Waals surface area contributed by atoms with E-state index < -0.39 is 5.92 Å². The monoisotopic (exact) mass is 699 g/mol. The van der Waals surface area contributed by atoms with Gasteiger partial charge in [-0.3, -0.25) is 14.5 Å². The zero-order valence-electron chi connectivity index (χ0n) is 19.1. The second-order valence-corrected chi connectivity index (χ2v) is 11.1. The highest BCUT2D eigenvalue weighted by Crippen LogP contribution is 2.31. The van der Waals surface area contributed by atoms with Gasteiger partial charge in [0, 0.05) is 50.0 Å². The van der Waals surface area contributed by atoms with Crippen molar-refractivity contribution < 1.29 is 14.7 Å². The van der Waals surface area contributed by atoms with Crippen LogP contribution in [0.5, 0.6) is 5.75 Å². The van der Waals surface area contributed by atoms with E-state index in [0.717, 1.165) is 37.9 Å². The molecule has 3 N–H and O–H groups in total. The highest BCUT2D eigenvalue weighted by Gasteiger charge is 2.31. The van der Waals surface area contributed by atoms with Gasteiger partial charge in [0.25, 0.3) is 5.91 Å². The maximum absolute atomic E-state index is 12.9. The van der Waals surface area contributed by atoms with Crippen LogP contribution in [0.1, 0.15) is 34.7 Å². The number of phenolic OH excluding ortho intramolecular Hbond substituents is 1. The zero-order valence-corrected chi connectivity index (χ0v) is 23.5. The topological polar surface area (TPSA) is 109 Å². The molecule has 1 aliphatic carbocycles. The number of carbonyl (C=O) groups excluding carboxylic acids is 2. The van der Waals surface area contributed by atoms with E-state index in [4.69, 9.17) is 5.26 Å². The molecular formula is C25H27I2N5O3. The van der Waals surface area contributed by atoms with Gasteiger partial charge in [-0.25, -0.2) is 0 Å². The molecule has 2 aromatic rings. The molecule has 1 atom stereocenters. The number of phenols is 1. The van der Waals surface area contributed by atoms with Crippen molar-refractivity contribution in [2.45, 2.75) is 24.8 Å². The van der Waals surface area contributed by atoms with Crippen LogP contribution in [-0.4, -0.2) is 67.1 Å². The van der Waals surface area contributed by atoms with Crippen LogP contribution in [0.25, 0.3) is 0 Å². The van der Waals surface area contributed by atoms with Gasteiger partial charge in [0.15, 0.2) is 0 Å². The molecule has 0 spiro atoms. The van der Waals surface area contributed by atoms with Gasteiger partial charge in [-0.15, -0.1) is 0 Å². The first-order valence-corrected chi connectivity index (χ1v) is 13.7. The van der Waals surface area contributed by atoms with Gasteiger partial charge in [0.2, 0.25) is 5.91 Å². The molecular weight excluding hydrogens is 672 g/mol. The molecule has 2 aromatic carbocycles. The van der Waals surface area contributed by atoms with Gasteiger partial charge in [-0.1, -0.05) is 0 Å². The fourth-order valence-corrected chi connectivity index (χ4v) is 6.12. The van der Waals surface area contributed by atoms with Crippen LogP contribution in [-0.2, 0) is 4.79 Å². The number of hydrogen-bond acceptors (Lipinski definition) is 6. The lowest BCUT2D eigenvalue weighted by atomic mass is 9.97. The Balaban J connectivity index is 1.39. The lowest BCUT2D eigenvalue weighted by molar-refractivity contribution is -0.122. The smallest absolute Gasteiger partial charge is 0.251 e. The molecule has 0 aromatic heterocycles. The first-order valence-electron chi connectivity index (χ1n) is 11.6. The summed E-state index contributed by atoms with van der Waals surface area (Å²) in [6.45, 7) is 4.09. The quantitative estimate of drug-likeness (QED) is 0.289. The van der Waals surface area contributed by atoms with E-state index in [0.29, 0.717) is 18.3 Å². The van der Waals surface area contributed by atoms with Crippen molar-refractivity contribution in [3.8, 4) is 11.8 Å². The maximum Gasteiger partial charge on any atom is 0.251 e. The van der Waals surface area contributed by atoms with E-state index in [9.17, 15) is 14.7 Å². The average molecular weight is 699 g/mol. The summed E-state index contributed by atoms with van der Waals surface area (Å²) in [5.41, 5.74) is 2.29. The third-order valence-corrected chi connectivity index (χ3v) is 8.08. The Morgan fingerprint density at radius 2 is 1.69 bits per heavy atom. The first kappa shape index (κ1) is 26.0. The second kappa shape index (κ2) is 11.7. The molecule has 0 bridgehead atoms. The minimum Gasteiger partial charge on any atom is -0.506 e.